The van der Waals surface area contributed by atoms with E-state index in [0.29, 0.717) is 6.41 Å². The number of rotatable bonds is 8. The predicted octanol–water partition coefficient (Wildman–Crippen LogP) is -1.54. The van der Waals surface area contributed by atoms with Crippen molar-refractivity contribution in [1.82, 2.24) is 10.6 Å². The van der Waals surface area contributed by atoms with E-state index in [1.54, 1.807) is 0 Å². The minimum Gasteiger partial charge on any atom is -0.481 e. The lowest BCUT2D eigenvalue weighted by molar-refractivity contribution is -0.137. The second-order valence-corrected chi connectivity index (χ2v) is 3.36. The number of hydrogen-bond acceptors (Lipinski definition) is 4. The van der Waals surface area contributed by atoms with E-state index in [1.165, 1.54) is 6.92 Å². The van der Waals surface area contributed by atoms with Crippen LogP contribution in [0, 0.1) is 0 Å². The van der Waals surface area contributed by atoms with Gasteiger partial charge in [-0.2, -0.15) is 0 Å². The van der Waals surface area contributed by atoms with Crippen molar-refractivity contribution in [3.05, 3.63) is 0 Å². The molecule has 0 heterocycles. The average molecular weight is 232 g/mol. The highest BCUT2D eigenvalue weighted by Gasteiger charge is 2.18. The third-order valence-corrected chi connectivity index (χ3v) is 1.80. The Morgan fingerprint density at radius 1 is 1.44 bits per heavy atom. The lowest BCUT2D eigenvalue weighted by atomic mass is 10.1. The molecule has 92 valence electrons. The van der Waals surface area contributed by atoms with Gasteiger partial charge in [-0.05, 0) is 13.3 Å². The van der Waals surface area contributed by atoms with Crippen LogP contribution in [-0.4, -0.2) is 47.2 Å². The van der Waals surface area contributed by atoms with E-state index in [9.17, 15) is 14.4 Å². The van der Waals surface area contributed by atoms with Crippen molar-refractivity contribution < 1.29 is 24.6 Å². The topological polar surface area (TPSA) is 116 Å². The van der Waals surface area contributed by atoms with Crippen LogP contribution in [0.5, 0.6) is 0 Å². The Labute approximate surface area is 92.8 Å². The number of aliphatic carboxylic acids is 1. The molecule has 0 rings (SSSR count). The first-order valence-electron chi connectivity index (χ1n) is 4.84. The van der Waals surface area contributed by atoms with Crippen LogP contribution in [0.25, 0.3) is 0 Å². The molecule has 0 aromatic heterocycles. The molecule has 0 saturated heterocycles. The Kier molecular flexibility index (Phi) is 6.86. The molecule has 0 aromatic carbocycles. The Balaban J connectivity index is 4.11. The standard InChI is InChI=1S/C9H16N2O5/c1-6(13)4-10-9(16)7(11-5-12)2-3-8(14)15/h5-7,13H,2-4H2,1H3,(H,10,16)(H,11,12)(H,14,15)/t6-,7+/m1/s1. The molecule has 16 heavy (non-hydrogen) atoms. The Morgan fingerprint density at radius 2 is 2.06 bits per heavy atom. The summed E-state index contributed by atoms with van der Waals surface area (Å²) >= 11 is 0. The summed E-state index contributed by atoms with van der Waals surface area (Å²) in [5.74, 6) is -1.55. The van der Waals surface area contributed by atoms with E-state index in [-0.39, 0.29) is 19.4 Å². The molecule has 0 aliphatic heterocycles. The monoisotopic (exact) mass is 232 g/mol. The number of carboxylic acid groups (broad SMARTS) is 1. The number of amides is 2. The van der Waals surface area contributed by atoms with Crippen LogP contribution < -0.4 is 10.6 Å². The number of aliphatic hydroxyl groups excluding tert-OH is 1. The molecular weight excluding hydrogens is 216 g/mol. The fourth-order valence-electron chi connectivity index (χ4n) is 1.01. The lowest BCUT2D eigenvalue weighted by Crippen LogP contribution is -2.45. The van der Waals surface area contributed by atoms with E-state index < -0.39 is 24.0 Å². The normalized spacial score (nSPS) is 13.6. The minimum absolute atomic E-state index is 0.0136. The maximum atomic E-state index is 11.4. The number of nitrogens with one attached hydrogen (secondary N) is 2. The molecule has 0 fully saturated rings. The zero-order chi connectivity index (χ0) is 12.6. The molecule has 0 radical (unpaired) electrons. The van der Waals surface area contributed by atoms with E-state index in [2.05, 4.69) is 10.6 Å². The van der Waals surface area contributed by atoms with Crippen molar-refractivity contribution in [2.45, 2.75) is 31.9 Å². The second kappa shape index (κ2) is 7.63. The van der Waals surface area contributed by atoms with Crippen LogP contribution in [0.2, 0.25) is 0 Å². The Morgan fingerprint density at radius 3 is 2.50 bits per heavy atom. The quantitative estimate of drug-likeness (QED) is 0.379. The van der Waals surface area contributed by atoms with Gasteiger partial charge in [0.25, 0.3) is 0 Å². The molecular formula is C9H16N2O5. The summed E-state index contributed by atoms with van der Waals surface area (Å²) in [6.45, 7) is 1.56. The Bertz CT molecular complexity index is 254. The van der Waals surface area contributed by atoms with E-state index >= 15 is 0 Å². The predicted molar refractivity (Wildman–Crippen MR) is 54.5 cm³/mol. The summed E-state index contributed by atoms with van der Waals surface area (Å²) in [5, 5.41) is 22.0. The zero-order valence-corrected chi connectivity index (χ0v) is 8.97. The van der Waals surface area contributed by atoms with Gasteiger partial charge in [-0.25, -0.2) is 0 Å². The van der Waals surface area contributed by atoms with Crippen molar-refractivity contribution in [3.63, 3.8) is 0 Å². The summed E-state index contributed by atoms with van der Waals surface area (Å²) in [6.07, 6.45) is -0.553. The van der Waals surface area contributed by atoms with E-state index in [1.807, 2.05) is 0 Å². The van der Waals surface area contributed by atoms with E-state index in [4.69, 9.17) is 10.2 Å². The number of carbonyl (C=O) groups excluding carboxylic acids is 2. The van der Waals surface area contributed by atoms with Crippen molar-refractivity contribution in [1.29, 1.82) is 0 Å². The number of hydrogen-bond donors (Lipinski definition) is 4. The molecule has 4 N–H and O–H groups in total. The molecule has 0 unspecified atom stereocenters. The number of aliphatic hydroxyl groups is 1. The zero-order valence-electron chi connectivity index (χ0n) is 8.97. The molecule has 2 amide bonds. The van der Waals surface area contributed by atoms with Crippen LogP contribution in [-0.2, 0) is 14.4 Å². The van der Waals surface area contributed by atoms with Gasteiger partial charge >= 0.3 is 5.97 Å². The molecule has 0 aliphatic rings. The smallest absolute Gasteiger partial charge is 0.303 e. The molecule has 0 spiro atoms. The lowest BCUT2D eigenvalue weighted by Gasteiger charge is -2.15. The number of carbonyl (C=O) groups is 3. The molecule has 2 atom stereocenters. The first kappa shape index (κ1) is 14.4. The van der Waals surface area contributed by atoms with Crippen LogP contribution in [0.4, 0.5) is 0 Å². The summed E-state index contributed by atoms with van der Waals surface area (Å²) < 4.78 is 0. The van der Waals surface area contributed by atoms with Crippen molar-refractivity contribution >= 4 is 18.3 Å². The third-order valence-electron chi connectivity index (χ3n) is 1.80. The molecule has 0 saturated carbocycles. The summed E-state index contributed by atoms with van der Waals surface area (Å²) in [5.41, 5.74) is 0. The van der Waals surface area contributed by atoms with Gasteiger partial charge in [-0.3, -0.25) is 14.4 Å². The Hall–Kier alpha value is -1.63. The van der Waals surface area contributed by atoms with Gasteiger partial charge in [0, 0.05) is 13.0 Å². The summed E-state index contributed by atoms with van der Waals surface area (Å²) in [7, 11) is 0. The van der Waals surface area contributed by atoms with E-state index in [0.717, 1.165) is 0 Å². The highest BCUT2D eigenvalue weighted by atomic mass is 16.4. The third kappa shape index (κ3) is 6.77. The van der Waals surface area contributed by atoms with Gasteiger partial charge in [0.05, 0.1) is 6.10 Å². The fraction of sp³-hybridized carbons (Fsp3) is 0.667. The van der Waals surface area contributed by atoms with Crippen molar-refractivity contribution in [2.24, 2.45) is 0 Å². The van der Waals surface area contributed by atoms with Crippen LogP contribution in [0.1, 0.15) is 19.8 Å². The molecule has 0 aromatic rings. The summed E-state index contributed by atoms with van der Waals surface area (Å²) in [6, 6.07) is -0.882. The van der Waals surface area contributed by atoms with Gasteiger partial charge < -0.3 is 20.8 Å². The average Bonchev–Trinajstić information content (AvgIpc) is 2.20. The van der Waals surface area contributed by atoms with Crippen molar-refractivity contribution in [2.75, 3.05) is 6.54 Å². The minimum atomic E-state index is -1.04. The molecule has 0 bridgehead atoms. The highest BCUT2D eigenvalue weighted by molar-refractivity contribution is 5.84. The van der Waals surface area contributed by atoms with Gasteiger partial charge in [0.2, 0.25) is 12.3 Å². The first-order valence-corrected chi connectivity index (χ1v) is 4.84. The largest absolute Gasteiger partial charge is 0.481 e. The fourth-order valence-corrected chi connectivity index (χ4v) is 1.01. The maximum absolute atomic E-state index is 11.4. The van der Waals surface area contributed by atoms with Crippen LogP contribution in [0.3, 0.4) is 0 Å². The van der Waals surface area contributed by atoms with Gasteiger partial charge in [-0.1, -0.05) is 0 Å². The van der Waals surface area contributed by atoms with Gasteiger partial charge in [0.1, 0.15) is 6.04 Å². The second-order valence-electron chi connectivity index (χ2n) is 3.36. The summed E-state index contributed by atoms with van der Waals surface area (Å²) in [4.78, 5) is 31.9. The number of carboxylic acids is 1. The SMILES string of the molecule is C[C@@H](O)CNC(=O)[C@H](CCC(=O)O)NC=O. The molecule has 7 nitrogen and oxygen atoms in total. The van der Waals surface area contributed by atoms with Crippen LogP contribution in [0.15, 0.2) is 0 Å². The molecule has 0 aliphatic carbocycles. The maximum Gasteiger partial charge on any atom is 0.303 e. The molecule has 7 heteroatoms. The van der Waals surface area contributed by atoms with Crippen molar-refractivity contribution in [3.8, 4) is 0 Å². The van der Waals surface area contributed by atoms with Gasteiger partial charge in [-0.15, -0.1) is 0 Å². The van der Waals surface area contributed by atoms with Gasteiger partial charge in [0.15, 0.2) is 0 Å². The highest BCUT2D eigenvalue weighted by Crippen LogP contribution is 1.97. The van der Waals surface area contributed by atoms with Crippen LogP contribution >= 0.6 is 0 Å². The first-order chi connectivity index (χ1) is 7.47.